The summed E-state index contributed by atoms with van der Waals surface area (Å²) in [7, 11) is 0. The highest BCUT2D eigenvalue weighted by Gasteiger charge is 2.30. The largest absolute Gasteiger partial charge is 0.356 e. The summed E-state index contributed by atoms with van der Waals surface area (Å²) in [4.78, 5) is 29.6. The number of aryl methyl sites for hydroxylation is 2. The van der Waals surface area contributed by atoms with Crippen molar-refractivity contribution < 1.29 is 4.79 Å². The molecule has 25 heavy (non-hydrogen) atoms. The highest BCUT2D eigenvalue weighted by Crippen LogP contribution is 2.33. The number of aromatic nitrogens is 3. The van der Waals surface area contributed by atoms with Gasteiger partial charge in [-0.15, -0.1) is 0 Å². The minimum atomic E-state index is -0.0738. The molecule has 0 saturated heterocycles. The monoisotopic (exact) mass is 358 g/mol. The fourth-order valence-corrected chi connectivity index (χ4v) is 4.75. The molecule has 0 fully saturated rings. The van der Waals surface area contributed by atoms with E-state index in [1.807, 2.05) is 24.5 Å². The van der Waals surface area contributed by atoms with Gasteiger partial charge in [-0.2, -0.15) is 0 Å². The second kappa shape index (κ2) is 7.07. The molecule has 3 heterocycles. The van der Waals surface area contributed by atoms with Crippen LogP contribution >= 0.6 is 11.8 Å². The Morgan fingerprint density at radius 1 is 1.32 bits per heavy atom. The van der Waals surface area contributed by atoms with E-state index in [4.69, 9.17) is 0 Å². The van der Waals surface area contributed by atoms with Crippen LogP contribution in [0.5, 0.6) is 0 Å². The van der Waals surface area contributed by atoms with E-state index in [-0.39, 0.29) is 17.5 Å². The average molecular weight is 358 g/mol. The molecule has 2 aliphatic rings. The van der Waals surface area contributed by atoms with Crippen LogP contribution < -0.4 is 10.9 Å². The standard InChI is InChI=1S/C18H22N4O2S/c23-16(19-7-4-10-21-8-1-2-9-21)11-13-12-25-18-20-15-6-3-5-14(15)17(24)22(13)18/h1-2,8-9,13H,3-7,10-12H2,(H,19,23). The molecule has 2 aromatic rings. The van der Waals surface area contributed by atoms with Crippen molar-refractivity contribution >= 4 is 17.7 Å². The van der Waals surface area contributed by atoms with Gasteiger partial charge in [-0.3, -0.25) is 14.2 Å². The Bertz CT molecular complexity index is 828. The van der Waals surface area contributed by atoms with Crippen molar-refractivity contribution in [2.24, 2.45) is 0 Å². The number of rotatable bonds is 6. The lowest BCUT2D eigenvalue weighted by Crippen LogP contribution is -2.32. The summed E-state index contributed by atoms with van der Waals surface area (Å²) >= 11 is 1.59. The average Bonchev–Trinajstić information content (AvgIpc) is 3.33. The number of hydrogen-bond donors (Lipinski definition) is 1. The molecule has 132 valence electrons. The number of hydrogen-bond acceptors (Lipinski definition) is 4. The molecule has 2 aromatic heterocycles. The van der Waals surface area contributed by atoms with E-state index in [1.54, 1.807) is 16.3 Å². The second-order valence-corrected chi connectivity index (χ2v) is 7.63. The van der Waals surface area contributed by atoms with Crippen LogP contribution in [0.15, 0.2) is 34.5 Å². The molecular weight excluding hydrogens is 336 g/mol. The van der Waals surface area contributed by atoms with Crippen LogP contribution in [0.1, 0.15) is 36.6 Å². The first-order valence-corrected chi connectivity index (χ1v) is 9.85. The Balaban J connectivity index is 1.34. The summed E-state index contributed by atoms with van der Waals surface area (Å²) in [5, 5.41) is 3.77. The third-order valence-corrected chi connectivity index (χ3v) is 5.97. The van der Waals surface area contributed by atoms with Crippen molar-refractivity contribution in [1.29, 1.82) is 0 Å². The van der Waals surface area contributed by atoms with Gasteiger partial charge < -0.3 is 9.88 Å². The van der Waals surface area contributed by atoms with Crippen LogP contribution in [0, 0.1) is 0 Å². The Hall–Kier alpha value is -2.02. The Morgan fingerprint density at radius 3 is 3.00 bits per heavy atom. The van der Waals surface area contributed by atoms with Gasteiger partial charge in [0.25, 0.3) is 5.56 Å². The van der Waals surface area contributed by atoms with Crippen molar-refractivity contribution in [3.05, 3.63) is 46.1 Å². The minimum Gasteiger partial charge on any atom is -0.356 e. The molecule has 4 rings (SSSR count). The number of amides is 1. The van der Waals surface area contributed by atoms with Crippen LogP contribution in [0.4, 0.5) is 0 Å². The molecule has 1 aliphatic carbocycles. The maximum Gasteiger partial charge on any atom is 0.257 e. The van der Waals surface area contributed by atoms with E-state index in [1.165, 1.54) is 0 Å². The van der Waals surface area contributed by atoms with Crippen LogP contribution in [-0.2, 0) is 24.2 Å². The van der Waals surface area contributed by atoms with Gasteiger partial charge in [0, 0.05) is 43.2 Å². The van der Waals surface area contributed by atoms with E-state index >= 15 is 0 Å². The van der Waals surface area contributed by atoms with Gasteiger partial charge in [0.1, 0.15) is 0 Å². The summed E-state index contributed by atoms with van der Waals surface area (Å²) in [5.74, 6) is 0.764. The van der Waals surface area contributed by atoms with Gasteiger partial charge in [-0.05, 0) is 37.8 Å². The van der Waals surface area contributed by atoms with Crippen molar-refractivity contribution in [3.63, 3.8) is 0 Å². The molecule has 1 unspecified atom stereocenters. The lowest BCUT2D eigenvalue weighted by molar-refractivity contribution is -0.121. The first kappa shape index (κ1) is 16.4. The second-order valence-electron chi connectivity index (χ2n) is 6.64. The van der Waals surface area contributed by atoms with Gasteiger partial charge >= 0.3 is 0 Å². The number of carbonyl (C=O) groups is 1. The highest BCUT2D eigenvalue weighted by atomic mass is 32.2. The van der Waals surface area contributed by atoms with Crippen LogP contribution in [0.3, 0.4) is 0 Å². The molecule has 0 radical (unpaired) electrons. The summed E-state index contributed by atoms with van der Waals surface area (Å²) in [6, 6.07) is 3.92. The molecule has 0 bridgehead atoms. The molecule has 1 atom stereocenters. The predicted octanol–water partition coefficient (Wildman–Crippen LogP) is 1.78. The number of nitrogens with one attached hydrogen (secondary N) is 1. The van der Waals surface area contributed by atoms with Crippen molar-refractivity contribution in [2.75, 3.05) is 12.3 Å². The summed E-state index contributed by atoms with van der Waals surface area (Å²) < 4.78 is 3.86. The van der Waals surface area contributed by atoms with Crippen molar-refractivity contribution in [3.8, 4) is 0 Å². The quantitative estimate of drug-likeness (QED) is 0.631. The molecule has 6 nitrogen and oxygen atoms in total. The summed E-state index contributed by atoms with van der Waals surface area (Å²) in [6.45, 7) is 1.55. The van der Waals surface area contributed by atoms with E-state index in [9.17, 15) is 9.59 Å². The van der Waals surface area contributed by atoms with Gasteiger partial charge in [-0.25, -0.2) is 4.98 Å². The smallest absolute Gasteiger partial charge is 0.257 e. The summed E-state index contributed by atoms with van der Waals surface area (Å²) in [6.07, 6.45) is 8.03. The Labute approximate surface area is 150 Å². The third-order valence-electron chi connectivity index (χ3n) is 4.87. The van der Waals surface area contributed by atoms with Gasteiger partial charge in [-0.1, -0.05) is 11.8 Å². The zero-order chi connectivity index (χ0) is 17.2. The first-order valence-electron chi connectivity index (χ1n) is 8.87. The Kier molecular flexibility index (Phi) is 4.65. The fraction of sp³-hybridized carbons (Fsp3) is 0.500. The number of carbonyl (C=O) groups excluding carboxylic acids is 1. The van der Waals surface area contributed by atoms with Crippen LogP contribution in [-0.4, -0.2) is 32.3 Å². The van der Waals surface area contributed by atoms with Crippen molar-refractivity contribution in [1.82, 2.24) is 19.4 Å². The molecule has 0 aromatic carbocycles. The van der Waals surface area contributed by atoms with Gasteiger partial charge in [0.05, 0.1) is 11.7 Å². The topological polar surface area (TPSA) is 68.9 Å². The molecule has 7 heteroatoms. The van der Waals surface area contributed by atoms with E-state index in [2.05, 4.69) is 14.9 Å². The lowest BCUT2D eigenvalue weighted by atomic mass is 10.2. The molecule has 0 spiro atoms. The first-order chi connectivity index (χ1) is 12.2. The summed E-state index contributed by atoms with van der Waals surface area (Å²) in [5.41, 5.74) is 1.91. The number of fused-ring (bicyclic) bond motifs is 2. The number of thioether (sulfide) groups is 1. The normalized spacial score (nSPS) is 18.2. The van der Waals surface area contributed by atoms with Gasteiger partial charge in [0.15, 0.2) is 5.16 Å². The molecular formula is C18H22N4O2S. The van der Waals surface area contributed by atoms with Crippen LogP contribution in [0.2, 0.25) is 0 Å². The van der Waals surface area contributed by atoms with E-state index in [0.29, 0.717) is 13.0 Å². The maximum absolute atomic E-state index is 12.7. The number of nitrogens with zero attached hydrogens (tertiary/aromatic N) is 3. The third kappa shape index (κ3) is 3.38. The zero-order valence-electron chi connectivity index (χ0n) is 14.1. The van der Waals surface area contributed by atoms with E-state index in [0.717, 1.165) is 54.4 Å². The molecule has 1 aliphatic heterocycles. The minimum absolute atomic E-state index is 0.0124. The molecule has 1 amide bonds. The zero-order valence-corrected chi connectivity index (χ0v) is 14.9. The maximum atomic E-state index is 12.7. The van der Waals surface area contributed by atoms with E-state index < -0.39 is 0 Å². The fourth-order valence-electron chi connectivity index (χ4n) is 3.60. The van der Waals surface area contributed by atoms with Gasteiger partial charge in [0.2, 0.25) is 5.91 Å². The molecule has 1 N–H and O–H groups in total. The SMILES string of the molecule is O=C(CC1CSc2nc3c(c(=O)n21)CCC3)NCCCn1cccc1. The molecule has 0 saturated carbocycles. The van der Waals surface area contributed by atoms with Crippen LogP contribution in [0.25, 0.3) is 0 Å². The predicted molar refractivity (Wildman–Crippen MR) is 97.0 cm³/mol. The lowest BCUT2D eigenvalue weighted by Gasteiger charge is -2.14. The van der Waals surface area contributed by atoms with Crippen molar-refractivity contribution in [2.45, 2.75) is 49.8 Å². The Morgan fingerprint density at radius 2 is 2.16 bits per heavy atom. The highest BCUT2D eigenvalue weighted by molar-refractivity contribution is 7.99.